The Morgan fingerprint density at radius 3 is 2.38 bits per heavy atom. The first-order valence-corrected chi connectivity index (χ1v) is 11.7. The molecule has 2 aromatic carbocycles. The summed E-state index contributed by atoms with van der Waals surface area (Å²) in [6.07, 6.45) is 2.49. The third kappa shape index (κ3) is 6.16. The van der Waals surface area contributed by atoms with Gasteiger partial charge in [0.05, 0.1) is 17.5 Å². The quantitative estimate of drug-likeness (QED) is 0.590. The monoisotopic (exact) mass is 457 g/mol. The number of amides is 2. The van der Waals surface area contributed by atoms with Crippen LogP contribution >= 0.6 is 11.6 Å². The van der Waals surface area contributed by atoms with Crippen LogP contribution < -0.4 is 15.0 Å². The average Bonchev–Trinajstić information content (AvgIpc) is 2.80. The van der Waals surface area contributed by atoms with E-state index in [9.17, 15) is 9.59 Å². The summed E-state index contributed by atoms with van der Waals surface area (Å²) in [5.41, 5.74) is 2.11. The van der Waals surface area contributed by atoms with Crippen molar-refractivity contribution in [3.63, 3.8) is 0 Å². The van der Waals surface area contributed by atoms with Gasteiger partial charge < -0.3 is 19.9 Å². The maximum atomic E-state index is 12.9. The molecule has 1 saturated heterocycles. The Morgan fingerprint density at radius 2 is 1.75 bits per heavy atom. The van der Waals surface area contributed by atoms with E-state index in [1.165, 1.54) is 0 Å². The van der Waals surface area contributed by atoms with E-state index in [4.69, 9.17) is 16.3 Å². The fourth-order valence-corrected chi connectivity index (χ4v) is 3.82. The molecule has 1 aliphatic heterocycles. The zero-order valence-electron chi connectivity index (χ0n) is 19.1. The summed E-state index contributed by atoms with van der Waals surface area (Å²) in [4.78, 5) is 29.2. The number of nitrogens with zero attached hydrogens (tertiary/aromatic N) is 2. The smallest absolute Gasteiger partial charge is 0.255 e. The predicted octanol–water partition coefficient (Wildman–Crippen LogP) is 5.22. The summed E-state index contributed by atoms with van der Waals surface area (Å²) >= 11 is 6.23. The van der Waals surface area contributed by atoms with Crippen LogP contribution in [0.15, 0.2) is 42.5 Å². The third-order valence-corrected chi connectivity index (χ3v) is 5.91. The normalized spacial score (nSPS) is 14.8. The maximum Gasteiger partial charge on any atom is 0.255 e. The molecule has 7 heteroatoms. The van der Waals surface area contributed by atoms with Gasteiger partial charge in [0.1, 0.15) is 5.75 Å². The molecule has 1 atom stereocenters. The highest BCUT2D eigenvalue weighted by Crippen LogP contribution is 2.31. The van der Waals surface area contributed by atoms with Crippen molar-refractivity contribution in [1.82, 2.24) is 4.90 Å². The Hall–Kier alpha value is -2.73. The molecule has 0 aromatic heterocycles. The van der Waals surface area contributed by atoms with Gasteiger partial charge in [0.25, 0.3) is 5.91 Å². The maximum absolute atomic E-state index is 12.9. The van der Waals surface area contributed by atoms with E-state index in [0.717, 1.165) is 24.3 Å². The van der Waals surface area contributed by atoms with Gasteiger partial charge in [-0.3, -0.25) is 9.59 Å². The summed E-state index contributed by atoms with van der Waals surface area (Å²) < 4.78 is 5.79. The number of benzene rings is 2. The molecule has 0 aliphatic carbocycles. The second-order valence-electron chi connectivity index (χ2n) is 8.09. The van der Waals surface area contributed by atoms with Gasteiger partial charge >= 0.3 is 0 Å². The van der Waals surface area contributed by atoms with E-state index in [-0.39, 0.29) is 17.9 Å². The lowest BCUT2D eigenvalue weighted by Gasteiger charge is -2.37. The van der Waals surface area contributed by atoms with Crippen molar-refractivity contribution in [2.75, 3.05) is 36.4 Å². The van der Waals surface area contributed by atoms with Crippen LogP contribution in [0, 0.1) is 0 Å². The molecule has 32 heavy (non-hydrogen) atoms. The number of anilines is 2. The molecule has 0 unspecified atom stereocenters. The van der Waals surface area contributed by atoms with E-state index < -0.39 is 0 Å². The molecule has 1 heterocycles. The van der Waals surface area contributed by atoms with Gasteiger partial charge in [-0.1, -0.05) is 25.4 Å². The molecule has 3 rings (SSSR count). The fourth-order valence-electron chi connectivity index (χ4n) is 3.65. The number of carbonyl (C=O) groups excluding carboxylic acids is 2. The minimum Gasteiger partial charge on any atom is -0.491 e. The number of hydrogen-bond donors (Lipinski definition) is 1. The van der Waals surface area contributed by atoms with Crippen LogP contribution in [-0.2, 0) is 4.79 Å². The summed E-state index contributed by atoms with van der Waals surface area (Å²) in [6.45, 7) is 8.87. The average molecular weight is 458 g/mol. The predicted molar refractivity (Wildman–Crippen MR) is 130 cm³/mol. The highest BCUT2D eigenvalue weighted by atomic mass is 35.5. The molecule has 172 valence electrons. The van der Waals surface area contributed by atoms with Crippen LogP contribution in [-0.4, -0.2) is 49.0 Å². The van der Waals surface area contributed by atoms with Gasteiger partial charge in [-0.15, -0.1) is 0 Å². The summed E-state index contributed by atoms with van der Waals surface area (Å²) in [5.74, 6) is 0.743. The zero-order chi connectivity index (χ0) is 23.1. The van der Waals surface area contributed by atoms with E-state index in [0.29, 0.717) is 48.9 Å². The van der Waals surface area contributed by atoms with Crippen molar-refractivity contribution in [3.05, 3.63) is 53.1 Å². The van der Waals surface area contributed by atoms with Crippen molar-refractivity contribution < 1.29 is 14.3 Å². The van der Waals surface area contributed by atoms with Crippen LogP contribution in [0.4, 0.5) is 11.4 Å². The van der Waals surface area contributed by atoms with Gasteiger partial charge in [0.2, 0.25) is 5.91 Å². The van der Waals surface area contributed by atoms with E-state index in [2.05, 4.69) is 17.1 Å². The number of rotatable bonds is 8. The molecule has 6 nitrogen and oxygen atoms in total. The van der Waals surface area contributed by atoms with Crippen molar-refractivity contribution in [3.8, 4) is 5.75 Å². The summed E-state index contributed by atoms with van der Waals surface area (Å²) in [5, 5.41) is 3.56. The molecule has 0 spiro atoms. The molecule has 0 saturated carbocycles. The molecular weight excluding hydrogens is 426 g/mol. The number of ether oxygens (including phenoxy) is 1. The van der Waals surface area contributed by atoms with E-state index in [1.54, 1.807) is 18.2 Å². The van der Waals surface area contributed by atoms with Crippen LogP contribution in [0.1, 0.15) is 50.4 Å². The molecule has 0 bridgehead atoms. The van der Waals surface area contributed by atoms with Crippen molar-refractivity contribution in [2.24, 2.45) is 0 Å². The Bertz CT molecular complexity index is 925. The summed E-state index contributed by atoms with van der Waals surface area (Å²) in [7, 11) is 0. The first-order valence-electron chi connectivity index (χ1n) is 11.3. The van der Waals surface area contributed by atoms with Gasteiger partial charge in [-0.05, 0) is 62.2 Å². The number of nitrogens with one attached hydrogen (secondary N) is 1. The first kappa shape index (κ1) is 23.9. The number of hydrogen-bond acceptors (Lipinski definition) is 4. The molecule has 2 amide bonds. The van der Waals surface area contributed by atoms with Crippen molar-refractivity contribution >= 4 is 34.8 Å². The molecule has 1 aliphatic rings. The standard InChI is InChI=1S/C25H32ClN3O3/c1-4-6-24(30)29-15-13-28(14-16-29)23-12-9-20(26)17-22(23)27-25(31)19-7-10-21(11-8-19)32-18(3)5-2/h7-12,17-18H,4-6,13-16H2,1-3H3,(H,27,31)/t18-/m1/s1. The third-order valence-electron chi connectivity index (χ3n) is 5.67. The minimum atomic E-state index is -0.208. The van der Waals surface area contributed by atoms with Crippen LogP contribution in [0.5, 0.6) is 5.75 Å². The molecule has 1 N–H and O–H groups in total. The minimum absolute atomic E-state index is 0.126. The Morgan fingerprint density at radius 1 is 1.06 bits per heavy atom. The van der Waals surface area contributed by atoms with Crippen molar-refractivity contribution in [1.29, 1.82) is 0 Å². The Labute approximate surface area is 195 Å². The zero-order valence-corrected chi connectivity index (χ0v) is 19.8. The number of halogens is 1. The SMILES string of the molecule is CCCC(=O)N1CCN(c2ccc(Cl)cc2NC(=O)c2ccc(O[C@H](C)CC)cc2)CC1. The number of piperazine rings is 1. The lowest BCUT2D eigenvalue weighted by atomic mass is 10.1. The van der Waals surface area contributed by atoms with Crippen LogP contribution in [0.25, 0.3) is 0 Å². The molecule has 1 fully saturated rings. The van der Waals surface area contributed by atoms with E-state index in [1.807, 2.05) is 43.0 Å². The van der Waals surface area contributed by atoms with Gasteiger partial charge in [-0.25, -0.2) is 0 Å². The van der Waals surface area contributed by atoms with Crippen molar-refractivity contribution in [2.45, 2.75) is 46.1 Å². The second kappa shape index (κ2) is 11.2. The molecule has 0 radical (unpaired) electrons. The first-order chi connectivity index (χ1) is 15.4. The number of carbonyl (C=O) groups is 2. The largest absolute Gasteiger partial charge is 0.491 e. The van der Waals surface area contributed by atoms with E-state index >= 15 is 0 Å². The lowest BCUT2D eigenvalue weighted by Crippen LogP contribution is -2.48. The van der Waals surface area contributed by atoms with Gasteiger partial charge in [0.15, 0.2) is 0 Å². The molecule has 2 aromatic rings. The lowest BCUT2D eigenvalue weighted by molar-refractivity contribution is -0.131. The molecular formula is C25H32ClN3O3. The fraction of sp³-hybridized carbons (Fsp3) is 0.440. The Kier molecular flexibility index (Phi) is 8.39. The highest BCUT2D eigenvalue weighted by molar-refractivity contribution is 6.31. The topological polar surface area (TPSA) is 61.9 Å². The highest BCUT2D eigenvalue weighted by Gasteiger charge is 2.23. The Balaban J connectivity index is 1.69. The van der Waals surface area contributed by atoms with Gasteiger partial charge in [0, 0.05) is 43.2 Å². The van der Waals surface area contributed by atoms with Gasteiger partial charge in [-0.2, -0.15) is 0 Å². The summed E-state index contributed by atoms with van der Waals surface area (Å²) in [6, 6.07) is 12.7. The van der Waals surface area contributed by atoms with Crippen LogP contribution in [0.2, 0.25) is 5.02 Å². The second-order valence-corrected chi connectivity index (χ2v) is 8.53. The van der Waals surface area contributed by atoms with Crippen LogP contribution in [0.3, 0.4) is 0 Å².